The average Bonchev–Trinajstić information content (AvgIpc) is 3.19. The first-order chi connectivity index (χ1) is 16.4. The smallest absolute Gasteiger partial charge is 0.256 e. The second kappa shape index (κ2) is 10.4. The van der Waals surface area contributed by atoms with Gasteiger partial charge in [-0.25, -0.2) is 4.39 Å². The number of halogens is 2. The number of carbonyl (C=O) groups excluding carboxylic acids is 1. The molecule has 34 heavy (non-hydrogen) atoms. The van der Waals surface area contributed by atoms with Crippen LogP contribution in [-0.2, 0) is 13.2 Å². The molecule has 1 aromatic heterocycles. The summed E-state index contributed by atoms with van der Waals surface area (Å²) in [7, 11) is 1.61. The van der Waals surface area contributed by atoms with Crippen molar-refractivity contribution in [2.24, 2.45) is 0 Å². The van der Waals surface area contributed by atoms with Gasteiger partial charge in [0.15, 0.2) is 5.82 Å². The number of aryl methyl sites for hydroxylation is 1. The Hall–Kier alpha value is -3.84. The summed E-state index contributed by atoms with van der Waals surface area (Å²) in [4.78, 5) is 12.7. The molecule has 0 aliphatic carbocycles. The number of nitrogens with zero attached hydrogens (tertiary/aromatic N) is 2. The third-order valence-corrected chi connectivity index (χ3v) is 5.63. The Morgan fingerprint density at radius 1 is 1.06 bits per heavy atom. The van der Waals surface area contributed by atoms with E-state index in [1.165, 1.54) is 6.07 Å². The largest absolute Gasteiger partial charge is 0.497 e. The van der Waals surface area contributed by atoms with E-state index in [2.05, 4.69) is 10.4 Å². The van der Waals surface area contributed by atoms with Gasteiger partial charge >= 0.3 is 0 Å². The van der Waals surface area contributed by atoms with Crippen molar-refractivity contribution in [2.75, 3.05) is 12.4 Å². The van der Waals surface area contributed by atoms with Gasteiger partial charge in [-0.05, 0) is 61.0 Å². The summed E-state index contributed by atoms with van der Waals surface area (Å²) in [5, 5.41) is 7.49. The molecule has 0 aliphatic heterocycles. The van der Waals surface area contributed by atoms with Crippen LogP contribution in [0.4, 0.5) is 10.2 Å². The van der Waals surface area contributed by atoms with E-state index < -0.39 is 5.82 Å². The number of hydrogen-bond acceptors (Lipinski definition) is 4. The Labute approximate surface area is 201 Å². The predicted octanol–water partition coefficient (Wildman–Crippen LogP) is 5.87. The zero-order valence-electron chi connectivity index (χ0n) is 18.7. The predicted molar refractivity (Wildman–Crippen MR) is 129 cm³/mol. The van der Waals surface area contributed by atoms with Crippen molar-refractivity contribution in [3.8, 4) is 11.5 Å². The van der Waals surface area contributed by atoms with Gasteiger partial charge in [0, 0.05) is 27.9 Å². The summed E-state index contributed by atoms with van der Waals surface area (Å²) in [6.07, 6.45) is 0. The Bertz CT molecular complexity index is 1270. The third-order valence-electron chi connectivity index (χ3n) is 5.27. The number of nitrogens with one attached hydrogen (secondary N) is 1. The average molecular weight is 480 g/mol. The highest BCUT2D eigenvalue weighted by atomic mass is 35.5. The van der Waals surface area contributed by atoms with Crippen molar-refractivity contribution in [3.05, 3.63) is 106 Å². The second-order valence-electron chi connectivity index (χ2n) is 7.64. The molecule has 0 saturated carbocycles. The molecule has 0 fully saturated rings. The van der Waals surface area contributed by atoms with E-state index in [0.717, 1.165) is 22.8 Å². The Morgan fingerprint density at radius 3 is 2.44 bits per heavy atom. The Morgan fingerprint density at radius 2 is 1.76 bits per heavy atom. The maximum absolute atomic E-state index is 14.1. The van der Waals surface area contributed by atoms with Gasteiger partial charge in [0.1, 0.15) is 23.9 Å². The Balaban J connectivity index is 1.36. The van der Waals surface area contributed by atoms with Gasteiger partial charge in [-0.1, -0.05) is 29.8 Å². The van der Waals surface area contributed by atoms with Gasteiger partial charge < -0.3 is 14.8 Å². The lowest BCUT2D eigenvalue weighted by Crippen LogP contribution is -2.13. The summed E-state index contributed by atoms with van der Waals surface area (Å²) in [5.74, 6) is 1.17. The zero-order valence-corrected chi connectivity index (χ0v) is 19.5. The van der Waals surface area contributed by atoms with Crippen molar-refractivity contribution < 1.29 is 18.7 Å². The molecule has 1 N–H and O–H groups in total. The summed E-state index contributed by atoms with van der Waals surface area (Å²) < 4.78 is 26.6. The first-order valence-corrected chi connectivity index (χ1v) is 10.9. The normalized spacial score (nSPS) is 10.7. The number of rotatable bonds is 8. The van der Waals surface area contributed by atoms with Gasteiger partial charge in [-0.15, -0.1) is 0 Å². The van der Waals surface area contributed by atoms with Gasteiger partial charge in [-0.3, -0.25) is 9.48 Å². The van der Waals surface area contributed by atoms with Gasteiger partial charge in [0.25, 0.3) is 5.91 Å². The standard InChI is InChI=1S/C26H23ClFN3O3/c1-17-14-25(30-31(17)15-22-23(27)4-3-5-24(22)28)29-26(32)19-8-6-18(7-9-19)16-34-21-12-10-20(33-2)11-13-21/h3-14H,15-16H2,1-2H3,(H,29,30,32). The van der Waals surface area contributed by atoms with E-state index in [1.54, 1.807) is 42.1 Å². The van der Waals surface area contributed by atoms with Crippen LogP contribution in [0.5, 0.6) is 11.5 Å². The van der Waals surface area contributed by atoms with Crippen LogP contribution in [0.3, 0.4) is 0 Å². The molecule has 0 radical (unpaired) electrons. The highest BCUT2D eigenvalue weighted by Crippen LogP contribution is 2.22. The van der Waals surface area contributed by atoms with Crippen molar-refractivity contribution >= 4 is 23.3 Å². The minimum Gasteiger partial charge on any atom is -0.497 e. The lowest BCUT2D eigenvalue weighted by Gasteiger charge is -2.08. The fraction of sp³-hybridized carbons (Fsp3) is 0.154. The number of anilines is 1. The highest BCUT2D eigenvalue weighted by Gasteiger charge is 2.13. The SMILES string of the molecule is COc1ccc(OCc2ccc(C(=O)Nc3cc(C)n(Cc4c(F)cccc4Cl)n3)cc2)cc1. The molecule has 0 saturated heterocycles. The fourth-order valence-corrected chi connectivity index (χ4v) is 3.57. The first kappa shape index (κ1) is 23.3. The Kier molecular flexibility index (Phi) is 7.13. The van der Waals surface area contributed by atoms with Crippen molar-refractivity contribution in [1.82, 2.24) is 9.78 Å². The highest BCUT2D eigenvalue weighted by molar-refractivity contribution is 6.31. The lowest BCUT2D eigenvalue weighted by atomic mass is 10.1. The number of benzene rings is 3. The molecule has 174 valence electrons. The summed E-state index contributed by atoms with van der Waals surface area (Å²) >= 11 is 6.12. The zero-order chi connectivity index (χ0) is 24.1. The molecule has 3 aromatic carbocycles. The van der Waals surface area contributed by atoms with Gasteiger partial charge in [-0.2, -0.15) is 5.10 Å². The van der Waals surface area contributed by atoms with Gasteiger partial charge in [0.05, 0.1) is 13.7 Å². The maximum Gasteiger partial charge on any atom is 0.256 e. The molecule has 8 heteroatoms. The minimum absolute atomic E-state index is 0.163. The van der Waals surface area contributed by atoms with Crippen LogP contribution in [-0.4, -0.2) is 22.8 Å². The van der Waals surface area contributed by atoms with Crippen LogP contribution in [0.15, 0.2) is 72.8 Å². The van der Waals surface area contributed by atoms with Crippen molar-refractivity contribution in [2.45, 2.75) is 20.1 Å². The molecule has 4 rings (SSSR count). The van der Waals surface area contributed by atoms with Gasteiger partial charge in [0.2, 0.25) is 0 Å². The number of hydrogen-bond donors (Lipinski definition) is 1. The van der Waals surface area contributed by atoms with Crippen LogP contribution in [0.25, 0.3) is 0 Å². The molecular formula is C26H23ClFN3O3. The number of ether oxygens (including phenoxy) is 2. The monoisotopic (exact) mass is 479 g/mol. The first-order valence-electron chi connectivity index (χ1n) is 10.6. The molecule has 0 spiro atoms. The molecule has 0 aliphatic rings. The number of carbonyl (C=O) groups is 1. The molecule has 0 bridgehead atoms. The van der Waals surface area contributed by atoms with E-state index in [-0.39, 0.29) is 12.5 Å². The summed E-state index contributed by atoms with van der Waals surface area (Å²) in [5.41, 5.74) is 2.52. The molecule has 6 nitrogen and oxygen atoms in total. The number of amides is 1. The van der Waals surface area contributed by atoms with E-state index in [0.29, 0.717) is 28.6 Å². The maximum atomic E-state index is 14.1. The quantitative estimate of drug-likeness (QED) is 0.343. The number of aromatic nitrogens is 2. The molecule has 4 aromatic rings. The van der Waals surface area contributed by atoms with Crippen LogP contribution < -0.4 is 14.8 Å². The van der Waals surface area contributed by atoms with E-state index in [9.17, 15) is 9.18 Å². The van der Waals surface area contributed by atoms with Crippen molar-refractivity contribution in [3.63, 3.8) is 0 Å². The van der Waals surface area contributed by atoms with Crippen LogP contribution >= 0.6 is 11.6 Å². The molecule has 0 unspecified atom stereocenters. The number of methoxy groups -OCH3 is 1. The molecule has 1 amide bonds. The van der Waals surface area contributed by atoms with Crippen LogP contribution in [0.2, 0.25) is 5.02 Å². The van der Waals surface area contributed by atoms with E-state index >= 15 is 0 Å². The topological polar surface area (TPSA) is 65.4 Å². The van der Waals surface area contributed by atoms with Crippen LogP contribution in [0.1, 0.15) is 27.2 Å². The third kappa shape index (κ3) is 5.55. The summed E-state index contributed by atoms with van der Waals surface area (Å²) in [6, 6.07) is 20.7. The fourth-order valence-electron chi connectivity index (χ4n) is 3.34. The summed E-state index contributed by atoms with van der Waals surface area (Å²) in [6.45, 7) is 2.36. The second-order valence-corrected chi connectivity index (χ2v) is 8.05. The van der Waals surface area contributed by atoms with Crippen LogP contribution in [0, 0.1) is 12.7 Å². The molecular weight excluding hydrogens is 457 g/mol. The van der Waals surface area contributed by atoms with E-state index in [1.807, 2.05) is 43.3 Å². The molecule has 1 heterocycles. The minimum atomic E-state index is -0.399. The molecule has 0 atom stereocenters. The van der Waals surface area contributed by atoms with E-state index in [4.69, 9.17) is 21.1 Å². The lowest BCUT2D eigenvalue weighted by molar-refractivity contribution is 0.102. The van der Waals surface area contributed by atoms with Crippen molar-refractivity contribution in [1.29, 1.82) is 0 Å².